The average molecular weight is 298 g/mol. The predicted octanol–water partition coefficient (Wildman–Crippen LogP) is 4.35. The van der Waals surface area contributed by atoms with Crippen LogP contribution in [0.1, 0.15) is 38.1 Å². The molecular formula is C15H20ClNOS. The summed E-state index contributed by atoms with van der Waals surface area (Å²) < 4.78 is 0. The van der Waals surface area contributed by atoms with Gasteiger partial charge in [-0.1, -0.05) is 44.5 Å². The molecule has 1 aromatic carbocycles. The van der Waals surface area contributed by atoms with Gasteiger partial charge in [0.2, 0.25) is 5.91 Å². The highest BCUT2D eigenvalue weighted by Gasteiger charge is 2.32. The van der Waals surface area contributed by atoms with Crippen LogP contribution in [0.15, 0.2) is 24.3 Å². The number of carbonyl (C=O) groups excluding carboxylic acids is 1. The third kappa shape index (κ3) is 3.90. The van der Waals surface area contributed by atoms with Gasteiger partial charge in [0.15, 0.2) is 0 Å². The summed E-state index contributed by atoms with van der Waals surface area (Å²) in [5.74, 6) is 1.23. The standard InChI is InChI=1S/C15H20ClNOS/c1-15(2,3)10-13(18)17-7-8-19-14(17)11-5-4-6-12(16)9-11/h4-6,9,14H,7-8,10H2,1-3H3/t14-/m1/s1. The molecule has 0 aliphatic carbocycles. The van der Waals surface area contributed by atoms with Gasteiger partial charge in [-0.05, 0) is 23.1 Å². The summed E-state index contributed by atoms with van der Waals surface area (Å²) in [4.78, 5) is 14.4. The third-order valence-corrected chi connectivity index (χ3v) is 4.52. The van der Waals surface area contributed by atoms with Crippen LogP contribution in [0.2, 0.25) is 5.02 Å². The summed E-state index contributed by atoms with van der Waals surface area (Å²) >= 11 is 7.86. The SMILES string of the molecule is CC(C)(C)CC(=O)N1CCS[C@@H]1c1cccc(Cl)c1. The number of hydrogen-bond donors (Lipinski definition) is 0. The zero-order valence-corrected chi connectivity index (χ0v) is 13.2. The van der Waals surface area contributed by atoms with Crippen molar-refractivity contribution in [3.05, 3.63) is 34.9 Å². The van der Waals surface area contributed by atoms with E-state index in [4.69, 9.17) is 11.6 Å². The molecule has 0 aromatic heterocycles. The lowest BCUT2D eigenvalue weighted by Crippen LogP contribution is -2.33. The molecule has 1 saturated heterocycles. The van der Waals surface area contributed by atoms with Crippen LogP contribution >= 0.6 is 23.4 Å². The lowest BCUT2D eigenvalue weighted by atomic mass is 9.91. The van der Waals surface area contributed by atoms with Crippen molar-refractivity contribution >= 4 is 29.3 Å². The number of amides is 1. The Labute approximate surface area is 124 Å². The van der Waals surface area contributed by atoms with Crippen molar-refractivity contribution in [3.8, 4) is 0 Å². The van der Waals surface area contributed by atoms with Crippen molar-refractivity contribution in [1.29, 1.82) is 0 Å². The molecule has 1 heterocycles. The fourth-order valence-electron chi connectivity index (χ4n) is 2.22. The number of carbonyl (C=O) groups is 1. The Kier molecular flexibility index (Phi) is 4.46. The van der Waals surface area contributed by atoms with E-state index in [1.165, 1.54) is 0 Å². The zero-order chi connectivity index (χ0) is 14.0. The van der Waals surface area contributed by atoms with Crippen LogP contribution < -0.4 is 0 Å². The molecule has 1 atom stereocenters. The highest BCUT2D eigenvalue weighted by atomic mass is 35.5. The normalized spacial score (nSPS) is 19.8. The summed E-state index contributed by atoms with van der Waals surface area (Å²) in [6.07, 6.45) is 0.588. The molecule has 2 rings (SSSR count). The van der Waals surface area contributed by atoms with E-state index in [-0.39, 0.29) is 16.7 Å². The first-order valence-electron chi connectivity index (χ1n) is 6.53. The van der Waals surface area contributed by atoms with Crippen LogP contribution in [0.3, 0.4) is 0 Å². The van der Waals surface area contributed by atoms with Gasteiger partial charge in [0, 0.05) is 23.7 Å². The molecule has 0 unspecified atom stereocenters. The Hall–Kier alpha value is -0.670. The summed E-state index contributed by atoms with van der Waals surface area (Å²) in [6, 6.07) is 7.82. The van der Waals surface area contributed by atoms with Crippen LogP contribution in [-0.2, 0) is 4.79 Å². The highest BCUT2D eigenvalue weighted by molar-refractivity contribution is 7.99. The number of halogens is 1. The first-order valence-corrected chi connectivity index (χ1v) is 7.96. The van der Waals surface area contributed by atoms with E-state index in [9.17, 15) is 4.79 Å². The summed E-state index contributed by atoms with van der Waals surface area (Å²) in [7, 11) is 0. The predicted molar refractivity (Wildman–Crippen MR) is 82.4 cm³/mol. The van der Waals surface area contributed by atoms with Gasteiger partial charge in [-0.3, -0.25) is 4.79 Å². The second kappa shape index (κ2) is 5.76. The van der Waals surface area contributed by atoms with Crippen LogP contribution in [-0.4, -0.2) is 23.1 Å². The Bertz CT molecular complexity index is 469. The maximum absolute atomic E-state index is 12.4. The number of hydrogen-bond acceptors (Lipinski definition) is 2. The molecule has 0 spiro atoms. The van der Waals surface area contributed by atoms with Crippen molar-refractivity contribution in [3.63, 3.8) is 0 Å². The Morgan fingerprint density at radius 2 is 2.21 bits per heavy atom. The minimum Gasteiger partial charge on any atom is -0.326 e. The molecule has 1 fully saturated rings. The van der Waals surface area contributed by atoms with E-state index >= 15 is 0 Å². The molecular weight excluding hydrogens is 278 g/mol. The summed E-state index contributed by atoms with van der Waals surface area (Å²) in [5.41, 5.74) is 1.15. The number of benzene rings is 1. The van der Waals surface area contributed by atoms with Crippen molar-refractivity contribution in [2.24, 2.45) is 5.41 Å². The van der Waals surface area contributed by atoms with E-state index in [0.29, 0.717) is 6.42 Å². The van der Waals surface area contributed by atoms with Crippen LogP contribution in [0.4, 0.5) is 0 Å². The van der Waals surface area contributed by atoms with Crippen molar-refractivity contribution in [2.75, 3.05) is 12.3 Å². The molecule has 1 amide bonds. The summed E-state index contributed by atoms with van der Waals surface area (Å²) in [6.45, 7) is 7.13. The number of rotatable bonds is 2. The molecule has 0 saturated carbocycles. The van der Waals surface area contributed by atoms with Gasteiger partial charge in [-0.2, -0.15) is 0 Å². The Morgan fingerprint density at radius 3 is 2.84 bits per heavy atom. The lowest BCUT2D eigenvalue weighted by molar-refractivity contribution is -0.133. The van der Waals surface area contributed by atoms with E-state index in [1.54, 1.807) is 0 Å². The maximum Gasteiger partial charge on any atom is 0.224 e. The first kappa shape index (κ1) is 14.7. The first-order chi connectivity index (χ1) is 8.87. The van der Waals surface area contributed by atoms with Crippen molar-refractivity contribution in [1.82, 2.24) is 4.90 Å². The molecule has 2 nitrogen and oxygen atoms in total. The van der Waals surface area contributed by atoms with E-state index in [1.807, 2.05) is 40.9 Å². The molecule has 0 bridgehead atoms. The van der Waals surface area contributed by atoms with Gasteiger partial charge in [0.1, 0.15) is 5.37 Å². The second-order valence-electron chi connectivity index (χ2n) is 6.10. The Morgan fingerprint density at radius 1 is 1.47 bits per heavy atom. The topological polar surface area (TPSA) is 20.3 Å². The largest absolute Gasteiger partial charge is 0.326 e. The number of nitrogens with zero attached hydrogens (tertiary/aromatic N) is 1. The summed E-state index contributed by atoms with van der Waals surface area (Å²) in [5, 5.41) is 0.849. The molecule has 1 aromatic rings. The smallest absolute Gasteiger partial charge is 0.224 e. The van der Waals surface area contributed by atoms with Gasteiger partial charge >= 0.3 is 0 Å². The van der Waals surface area contributed by atoms with Gasteiger partial charge in [0.25, 0.3) is 0 Å². The van der Waals surface area contributed by atoms with Crippen LogP contribution in [0.25, 0.3) is 0 Å². The fourth-order valence-corrected chi connectivity index (χ4v) is 3.68. The lowest BCUT2D eigenvalue weighted by Gasteiger charge is -2.27. The van der Waals surface area contributed by atoms with Crippen LogP contribution in [0, 0.1) is 5.41 Å². The van der Waals surface area contributed by atoms with E-state index < -0.39 is 0 Å². The fraction of sp³-hybridized carbons (Fsp3) is 0.533. The van der Waals surface area contributed by atoms with Crippen LogP contribution in [0.5, 0.6) is 0 Å². The molecule has 0 radical (unpaired) electrons. The molecule has 0 N–H and O–H groups in total. The molecule has 4 heteroatoms. The minimum atomic E-state index is 0.0310. The van der Waals surface area contributed by atoms with Gasteiger partial charge < -0.3 is 4.90 Å². The Balaban J connectivity index is 2.15. The maximum atomic E-state index is 12.4. The molecule has 19 heavy (non-hydrogen) atoms. The molecule has 104 valence electrons. The van der Waals surface area contributed by atoms with E-state index in [2.05, 4.69) is 20.8 Å². The van der Waals surface area contributed by atoms with Crippen molar-refractivity contribution < 1.29 is 4.79 Å². The van der Waals surface area contributed by atoms with Crippen molar-refractivity contribution in [2.45, 2.75) is 32.6 Å². The molecule has 1 aliphatic rings. The van der Waals surface area contributed by atoms with Gasteiger partial charge in [0.05, 0.1) is 0 Å². The third-order valence-electron chi connectivity index (χ3n) is 3.03. The zero-order valence-electron chi connectivity index (χ0n) is 11.6. The second-order valence-corrected chi connectivity index (χ2v) is 7.73. The molecule has 1 aliphatic heterocycles. The minimum absolute atomic E-state index is 0.0310. The quantitative estimate of drug-likeness (QED) is 0.809. The number of thioether (sulfide) groups is 1. The average Bonchev–Trinajstić information content (AvgIpc) is 2.75. The highest BCUT2D eigenvalue weighted by Crippen LogP contribution is 2.39. The van der Waals surface area contributed by atoms with E-state index in [0.717, 1.165) is 22.9 Å². The monoisotopic (exact) mass is 297 g/mol. The van der Waals surface area contributed by atoms with Gasteiger partial charge in [-0.15, -0.1) is 11.8 Å². The van der Waals surface area contributed by atoms with Gasteiger partial charge in [-0.25, -0.2) is 0 Å².